The number of hydrogen-bond acceptors (Lipinski definition) is 16. The Morgan fingerprint density at radius 2 is 1.42 bits per heavy atom. The molecule has 3 heterocycles. The average molecular weight is 623 g/mol. The maximum absolute atomic E-state index is 12.2. The highest BCUT2D eigenvalue weighted by atomic mass is 16.7. The van der Waals surface area contributed by atoms with Gasteiger partial charge in [-0.25, -0.2) is 4.99 Å². The van der Waals surface area contributed by atoms with Crippen molar-refractivity contribution in [3.8, 4) is 0 Å². The second-order valence-electron chi connectivity index (χ2n) is 10.9. The topological polar surface area (TPSA) is 259 Å². The van der Waals surface area contributed by atoms with Gasteiger partial charge in [0.15, 0.2) is 12.6 Å². The molecule has 3 aliphatic heterocycles. The minimum Gasteiger partial charge on any atom is -0.459 e. The monoisotopic (exact) mass is 622 g/mol. The van der Waals surface area contributed by atoms with Gasteiger partial charge in [-0.3, -0.25) is 9.59 Å². The van der Waals surface area contributed by atoms with Crippen molar-refractivity contribution in [1.29, 1.82) is 0 Å². The first-order chi connectivity index (χ1) is 20.4. The van der Waals surface area contributed by atoms with Gasteiger partial charge in [-0.05, 0) is 0 Å². The number of nitrogens with zero attached hydrogens (tertiary/aromatic N) is 1. The first kappa shape index (κ1) is 33.7. The summed E-state index contributed by atoms with van der Waals surface area (Å²) in [5.74, 6) is -1.93. The van der Waals surface area contributed by atoms with Gasteiger partial charge < -0.3 is 75.0 Å². The molecular weight excluding hydrogens is 580 g/mol. The van der Waals surface area contributed by atoms with E-state index in [2.05, 4.69) is 20.9 Å². The Balaban J connectivity index is 1.57. The summed E-state index contributed by atoms with van der Waals surface area (Å²) in [6.07, 6.45) is -14.5. The minimum absolute atomic E-state index is 0.149. The third-order valence-electron chi connectivity index (χ3n) is 8.01. The average Bonchev–Trinajstić information content (AvgIpc) is 3.49. The Morgan fingerprint density at radius 1 is 0.837 bits per heavy atom. The number of carbonyl (C=O) groups is 2. The molecule has 18 heteroatoms. The van der Waals surface area contributed by atoms with Crippen LogP contribution in [-0.2, 0) is 38.0 Å². The molecule has 18 nitrogen and oxygen atoms in total. The summed E-state index contributed by atoms with van der Waals surface area (Å²) in [5.41, 5.74) is 0. The van der Waals surface area contributed by atoms with Gasteiger partial charge in [0, 0.05) is 28.0 Å². The number of amidine groups is 1. The third-order valence-corrected chi connectivity index (χ3v) is 8.01. The Kier molecular flexibility index (Phi) is 11.2. The van der Waals surface area contributed by atoms with Gasteiger partial charge in [-0.15, -0.1) is 0 Å². The van der Waals surface area contributed by atoms with E-state index in [4.69, 9.17) is 28.4 Å². The smallest absolute Gasteiger partial charge is 0.285 e. The van der Waals surface area contributed by atoms with E-state index < -0.39 is 117 Å². The predicted molar refractivity (Wildman–Crippen MR) is 141 cm³/mol. The summed E-state index contributed by atoms with van der Waals surface area (Å²) in [4.78, 5) is 28.3. The summed E-state index contributed by atoms with van der Waals surface area (Å²) in [6, 6.07) is -3.21. The first-order valence-corrected chi connectivity index (χ1v) is 14.0. The number of aliphatic hydroxyl groups excluding tert-OH is 6. The Hall–Kier alpha value is -2.23. The molecule has 15 atom stereocenters. The van der Waals surface area contributed by atoms with E-state index in [9.17, 15) is 40.2 Å². The molecule has 4 aliphatic rings. The van der Waals surface area contributed by atoms with Crippen molar-refractivity contribution in [2.24, 2.45) is 10.9 Å². The number of aliphatic hydroxyl groups is 6. The summed E-state index contributed by atoms with van der Waals surface area (Å²) in [5, 5.41) is 71.8. The lowest BCUT2D eigenvalue weighted by Crippen LogP contribution is -2.69. The van der Waals surface area contributed by atoms with Crippen LogP contribution in [0.1, 0.15) is 13.8 Å². The number of nitrogens with one attached hydrogen (secondary N) is 3. The van der Waals surface area contributed by atoms with Gasteiger partial charge in [-0.2, -0.15) is 0 Å². The van der Waals surface area contributed by atoms with Crippen LogP contribution in [0, 0.1) is 5.92 Å². The largest absolute Gasteiger partial charge is 0.459 e. The summed E-state index contributed by atoms with van der Waals surface area (Å²) in [7, 11) is 2.94. The molecule has 0 aromatic rings. The molecule has 0 unspecified atom stereocenters. The van der Waals surface area contributed by atoms with E-state index in [1.54, 1.807) is 7.05 Å². The van der Waals surface area contributed by atoms with Crippen LogP contribution in [-0.4, -0.2) is 168 Å². The van der Waals surface area contributed by atoms with Crippen molar-refractivity contribution >= 4 is 17.8 Å². The van der Waals surface area contributed by atoms with Crippen LogP contribution < -0.4 is 16.0 Å². The quantitative estimate of drug-likeness (QED) is 0.110. The van der Waals surface area contributed by atoms with E-state index in [1.165, 1.54) is 21.0 Å². The lowest BCUT2D eigenvalue weighted by Gasteiger charge is -2.48. The second kappa shape index (κ2) is 14.2. The molecule has 0 aromatic carbocycles. The first-order valence-electron chi connectivity index (χ1n) is 14.0. The molecule has 1 saturated carbocycles. The van der Waals surface area contributed by atoms with Gasteiger partial charge in [0.25, 0.3) is 6.02 Å². The molecule has 0 radical (unpaired) electrons. The minimum atomic E-state index is -1.64. The van der Waals surface area contributed by atoms with E-state index in [0.717, 1.165) is 0 Å². The van der Waals surface area contributed by atoms with E-state index in [-0.39, 0.29) is 12.6 Å². The lowest BCUT2D eigenvalue weighted by atomic mass is 9.94. The highest BCUT2D eigenvalue weighted by molar-refractivity contribution is 5.75. The molecule has 4 rings (SSSR count). The number of aliphatic imine (C=N–C) groups is 1. The molecule has 2 amide bonds. The van der Waals surface area contributed by atoms with Gasteiger partial charge in [0.2, 0.25) is 11.8 Å². The Bertz CT molecular complexity index is 1010. The molecule has 1 aliphatic carbocycles. The molecular formula is C25H42N4O14. The number of methoxy groups -OCH3 is 1. The van der Waals surface area contributed by atoms with Crippen LogP contribution in [0.3, 0.4) is 0 Å². The van der Waals surface area contributed by atoms with Gasteiger partial charge in [0.1, 0.15) is 67.0 Å². The standard InChI is InChI=1S/C25H42N4O14/c1-8(32)27-14-17(35)16(34)12(7-38-4)40-23(14)42-22-11(6-31)39-24(15(19(22)37)28-9(2)33)41-21-10(5-30)20-13(18(21)36)29-25(26-3)43-20/h10-24,30-31,34-37H,5-7H2,1-4H3,(H,26,29)(H,27,32)(H,28,33)/t10-,11+,12+,13+,14+,15+,16+,17-,18+,19-,20-,21+,22+,23-,24-/m0/s1. The van der Waals surface area contributed by atoms with Crippen LogP contribution in [0.4, 0.5) is 0 Å². The van der Waals surface area contributed by atoms with Crippen LogP contribution in [0.2, 0.25) is 0 Å². The van der Waals surface area contributed by atoms with E-state index in [1.807, 2.05) is 0 Å². The molecule has 246 valence electrons. The van der Waals surface area contributed by atoms with Crippen LogP contribution >= 0.6 is 0 Å². The summed E-state index contributed by atoms with van der Waals surface area (Å²) < 4.78 is 34.5. The number of carbonyl (C=O) groups excluding carboxylic acids is 2. The molecule has 0 aromatic heterocycles. The Morgan fingerprint density at radius 3 is 1.95 bits per heavy atom. The fourth-order valence-corrected chi connectivity index (χ4v) is 5.98. The molecule has 0 bridgehead atoms. The zero-order valence-electron chi connectivity index (χ0n) is 24.2. The van der Waals surface area contributed by atoms with Crippen molar-refractivity contribution in [3.05, 3.63) is 0 Å². The number of fused-ring (bicyclic) bond motifs is 1. The van der Waals surface area contributed by atoms with Crippen molar-refractivity contribution < 1.29 is 68.6 Å². The Labute approximate surface area is 247 Å². The van der Waals surface area contributed by atoms with Crippen molar-refractivity contribution in [2.75, 3.05) is 34.0 Å². The maximum Gasteiger partial charge on any atom is 0.285 e. The SMILES string of the molecule is CNC1=N[C@@H]2[C@@H](O)[C@H](O[C@@H]3O[C@H](CO)[C@@H](O[C@@H]4O[C@H](COC)[C@@H](O)[C@@H](O)[C@H]4NC(C)=O)[C@@H](O)[C@H]3NC(C)=O)[C@@H](CO)[C@@H]2O1. The normalized spacial score (nSPS) is 44.2. The summed E-state index contributed by atoms with van der Waals surface area (Å²) >= 11 is 0. The van der Waals surface area contributed by atoms with Gasteiger partial charge in [0.05, 0.1) is 31.8 Å². The molecule has 43 heavy (non-hydrogen) atoms. The highest BCUT2D eigenvalue weighted by Crippen LogP contribution is 2.39. The van der Waals surface area contributed by atoms with Gasteiger partial charge in [-0.1, -0.05) is 0 Å². The number of hydrogen-bond donors (Lipinski definition) is 9. The maximum atomic E-state index is 12.2. The molecule has 2 saturated heterocycles. The predicted octanol–water partition coefficient (Wildman–Crippen LogP) is -5.74. The molecule has 9 N–H and O–H groups in total. The van der Waals surface area contributed by atoms with Crippen molar-refractivity contribution in [2.45, 2.75) is 99.5 Å². The zero-order chi connectivity index (χ0) is 31.6. The molecule has 0 spiro atoms. The van der Waals surface area contributed by atoms with E-state index in [0.29, 0.717) is 0 Å². The number of ether oxygens (including phenoxy) is 6. The number of rotatable bonds is 10. The van der Waals surface area contributed by atoms with Crippen LogP contribution in [0.15, 0.2) is 4.99 Å². The summed E-state index contributed by atoms with van der Waals surface area (Å²) in [6.45, 7) is 1.05. The third kappa shape index (κ3) is 6.89. The fraction of sp³-hybridized carbons (Fsp3) is 0.880. The number of amides is 2. The van der Waals surface area contributed by atoms with Gasteiger partial charge >= 0.3 is 0 Å². The lowest BCUT2D eigenvalue weighted by molar-refractivity contribution is -0.339. The fourth-order valence-electron chi connectivity index (χ4n) is 5.98. The van der Waals surface area contributed by atoms with Crippen LogP contribution in [0.5, 0.6) is 0 Å². The van der Waals surface area contributed by atoms with Crippen molar-refractivity contribution in [3.63, 3.8) is 0 Å². The van der Waals surface area contributed by atoms with E-state index >= 15 is 0 Å². The second-order valence-corrected chi connectivity index (χ2v) is 10.9. The van der Waals surface area contributed by atoms with Crippen molar-refractivity contribution in [1.82, 2.24) is 16.0 Å². The molecule has 3 fully saturated rings. The van der Waals surface area contributed by atoms with Crippen LogP contribution in [0.25, 0.3) is 0 Å². The zero-order valence-corrected chi connectivity index (χ0v) is 24.2. The highest BCUT2D eigenvalue weighted by Gasteiger charge is 2.58.